The van der Waals surface area contributed by atoms with Gasteiger partial charge in [-0.25, -0.2) is 0 Å². The summed E-state index contributed by atoms with van der Waals surface area (Å²) >= 11 is 0. The first-order chi connectivity index (χ1) is 6.93. The monoisotopic (exact) mass is 214 g/mol. The molecule has 0 spiro atoms. The van der Waals surface area contributed by atoms with Crippen LogP contribution < -0.4 is 5.73 Å². The highest BCUT2D eigenvalue weighted by Gasteiger charge is 2.34. The second-order valence-electron chi connectivity index (χ2n) is 5.36. The third-order valence-electron chi connectivity index (χ3n) is 3.73. The number of nitrogens with two attached hydrogens (primary N) is 1. The standard InChI is InChI=1S/C12H26N2O/c1-5-12(13,6-2)9-14-7-8-15-10-11(14,3)4/h5-10,13H2,1-4H3. The Balaban J connectivity index is 2.62. The minimum Gasteiger partial charge on any atom is -0.378 e. The molecule has 1 aliphatic heterocycles. The number of hydrogen-bond donors (Lipinski definition) is 1. The third kappa shape index (κ3) is 3.16. The van der Waals surface area contributed by atoms with E-state index in [-0.39, 0.29) is 11.1 Å². The van der Waals surface area contributed by atoms with Gasteiger partial charge < -0.3 is 10.5 Å². The summed E-state index contributed by atoms with van der Waals surface area (Å²) in [5.74, 6) is 0. The maximum absolute atomic E-state index is 6.37. The normalized spacial score (nSPS) is 23.0. The molecule has 1 aliphatic rings. The summed E-state index contributed by atoms with van der Waals surface area (Å²) in [7, 11) is 0. The molecule has 3 nitrogen and oxygen atoms in total. The Kier molecular flexibility index (Phi) is 4.15. The van der Waals surface area contributed by atoms with E-state index in [0.29, 0.717) is 0 Å². The van der Waals surface area contributed by atoms with E-state index < -0.39 is 0 Å². The van der Waals surface area contributed by atoms with Crippen LogP contribution in [0.1, 0.15) is 40.5 Å². The van der Waals surface area contributed by atoms with Gasteiger partial charge in [0.1, 0.15) is 0 Å². The van der Waals surface area contributed by atoms with E-state index in [9.17, 15) is 0 Å². The van der Waals surface area contributed by atoms with Crippen LogP contribution in [-0.4, -0.2) is 42.3 Å². The lowest BCUT2D eigenvalue weighted by atomic mass is 9.90. The molecule has 0 aromatic heterocycles. The van der Waals surface area contributed by atoms with Gasteiger partial charge in [-0.05, 0) is 26.7 Å². The fourth-order valence-electron chi connectivity index (χ4n) is 2.04. The smallest absolute Gasteiger partial charge is 0.0645 e. The first kappa shape index (κ1) is 12.9. The molecule has 3 heteroatoms. The van der Waals surface area contributed by atoms with Gasteiger partial charge in [0.2, 0.25) is 0 Å². The van der Waals surface area contributed by atoms with Crippen LogP contribution in [0.5, 0.6) is 0 Å². The Morgan fingerprint density at radius 1 is 1.33 bits per heavy atom. The molecule has 0 unspecified atom stereocenters. The summed E-state index contributed by atoms with van der Waals surface area (Å²) < 4.78 is 5.51. The van der Waals surface area contributed by atoms with E-state index in [0.717, 1.165) is 39.1 Å². The van der Waals surface area contributed by atoms with Gasteiger partial charge in [-0.3, -0.25) is 4.90 Å². The van der Waals surface area contributed by atoms with Gasteiger partial charge in [0.15, 0.2) is 0 Å². The Hall–Kier alpha value is -0.120. The minimum absolute atomic E-state index is 0.0331. The lowest BCUT2D eigenvalue weighted by Crippen LogP contribution is -2.60. The van der Waals surface area contributed by atoms with Crippen LogP contribution in [0.15, 0.2) is 0 Å². The average molecular weight is 214 g/mol. The molecule has 15 heavy (non-hydrogen) atoms. The lowest BCUT2D eigenvalue weighted by Gasteiger charge is -2.46. The molecule has 90 valence electrons. The van der Waals surface area contributed by atoms with Gasteiger partial charge in [0.05, 0.1) is 13.2 Å². The van der Waals surface area contributed by atoms with E-state index in [2.05, 4.69) is 32.6 Å². The Labute approximate surface area is 94.0 Å². The average Bonchev–Trinajstić information content (AvgIpc) is 2.21. The highest BCUT2D eigenvalue weighted by molar-refractivity contribution is 4.92. The molecule has 0 amide bonds. The minimum atomic E-state index is -0.0331. The van der Waals surface area contributed by atoms with Crippen molar-refractivity contribution < 1.29 is 4.74 Å². The van der Waals surface area contributed by atoms with Crippen LogP contribution in [-0.2, 0) is 4.74 Å². The van der Waals surface area contributed by atoms with Crippen molar-refractivity contribution in [3.8, 4) is 0 Å². The molecule has 1 heterocycles. The SMILES string of the molecule is CCC(N)(CC)CN1CCOCC1(C)C. The zero-order chi connectivity index (χ0) is 11.5. The van der Waals surface area contributed by atoms with Crippen molar-refractivity contribution >= 4 is 0 Å². The largest absolute Gasteiger partial charge is 0.378 e. The van der Waals surface area contributed by atoms with Crippen LogP contribution >= 0.6 is 0 Å². The van der Waals surface area contributed by atoms with Crippen molar-refractivity contribution in [2.75, 3.05) is 26.3 Å². The molecule has 1 saturated heterocycles. The second-order valence-corrected chi connectivity index (χ2v) is 5.36. The van der Waals surface area contributed by atoms with E-state index in [1.54, 1.807) is 0 Å². The maximum atomic E-state index is 6.37. The molecule has 0 aromatic rings. The molecule has 0 saturated carbocycles. The van der Waals surface area contributed by atoms with Crippen molar-refractivity contribution in [1.29, 1.82) is 0 Å². The molecule has 0 aromatic carbocycles. The Bertz CT molecular complexity index is 200. The van der Waals surface area contributed by atoms with E-state index in [4.69, 9.17) is 10.5 Å². The molecule has 1 rings (SSSR count). The van der Waals surface area contributed by atoms with Crippen molar-refractivity contribution in [2.24, 2.45) is 5.73 Å². The first-order valence-electron chi connectivity index (χ1n) is 6.05. The fourth-order valence-corrected chi connectivity index (χ4v) is 2.04. The van der Waals surface area contributed by atoms with Crippen molar-refractivity contribution in [1.82, 2.24) is 4.90 Å². The summed E-state index contributed by atoms with van der Waals surface area (Å²) in [5.41, 5.74) is 6.47. The highest BCUT2D eigenvalue weighted by atomic mass is 16.5. The van der Waals surface area contributed by atoms with Crippen LogP contribution in [0.3, 0.4) is 0 Å². The number of rotatable bonds is 4. The number of ether oxygens (including phenoxy) is 1. The molecule has 0 radical (unpaired) electrons. The van der Waals surface area contributed by atoms with Crippen LogP contribution in [0, 0.1) is 0 Å². The molecule has 0 aliphatic carbocycles. The maximum Gasteiger partial charge on any atom is 0.0645 e. The molecular weight excluding hydrogens is 188 g/mol. The van der Waals surface area contributed by atoms with Gasteiger partial charge in [-0.2, -0.15) is 0 Å². The third-order valence-corrected chi connectivity index (χ3v) is 3.73. The number of nitrogens with zero attached hydrogens (tertiary/aromatic N) is 1. The number of morpholine rings is 1. The van der Waals surface area contributed by atoms with Gasteiger partial charge in [-0.15, -0.1) is 0 Å². The fraction of sp³-hybridized carbons (Fsp3) is 1.00. The molecular formula is C12H26N2O. The zero-order valence-corrected chi connectivity index (χ0v) is 10.7. The van der Waals surface area contributed by atoms with Crippen molar-refractivity contribution in [3.63, 3.8) is 0 Å². The van der Waals surface area contributed by atoms with Crippen LogP contribution in [0.2, 0.25) is 0 Å². The van der Waals surface area contributed by atoms with E-state index in [1.165, 1.54) is 0 Å². The summed E-state index contributed by atoms with van der Waals surface area (Å²) in [6.45, 7) is 12.5. The van der Waals surface area contributed by atoms with Crippen molar-refractivity contribution in [3.05, 3.63) is 0 Å². The summed E-state index contributed by atoms with van der Waals surface area (Å²) in [5, 5.41) is 0. The summed E-state index contributed by atoms with van der Waals surface area (Å²) in [6.07, 6.45) is 2.08. The predicted octanol–water partition coefficient (Wildman–Crippen LogP) is 1.61. The summed E-state index contributed by atoms with van der Waals surface area (Å²) in [6, 6.07) is 0. The highest BCUT2D eigenvalue weighted by Crippen LogP contribution is 2.23. The van der Waals surface area contributed by atoms with E-state index >= 15 is 0 Å². The molecule has 0 bridgehead atoms. The van der Waals surface area contributed by atoms with Gasteiger partial charge in [-0.1, -0.05) is 13.8 Å². The summed E-state index contributed by atoms with van der Waals surface area (Å²) in [4.78, 5) is 2.48. The predicted molar refractivity (Wildman–Crippen MR) is 64.0 cm³/mol. The molecule has 2 N–H and O–H groups in total. The molecule has 0 atom stereocenters. The van der Waals surface area contributed by atoms with Crippen LogP contribution in [0.25, 0.3) is 0 Å². The van der Waals surface area contributed by atoms with Gasteiger partial charge in [0.25, 0.3) is 0 Å². The Morgan fingerprint density at radius 2 is 1.93 bits per heavy atom. The van der Waals surface area contributed by atoms with Crippen molar-refractivity contribution in [2.45, 2.75) is 51.6 Å². The lowest BCUT2D eigenvalue weighted by molar-refractivity contribution is -0.0601. The van der Waals surface area contributed by atoms with E-state index in [1.807, 2.05) is 0 Å². The number of hydrogen-bond acceptors (Lipinski definition) is 3. The second kappa shape index (κ2) is 4.81. The first-order valence-corrected chi connectivity index (χ1v) is 6.05. The quantitative estimate of drug-likeness (QED) is 0.773. The van der Waals surface area contributed by atoms with Crippen LogP contribution in [0.4, 0.5) is 0 Å². The zero-order valence-electron chi connectivity index (χ0n) is 10.7. The molecule has 1 fully saturated rings. The Morgan fingerprint density at radius 3 is 2.40 bits per heavy atom. The topological polar surface area (TPSA) is 38.5 Å². The van der Waals surface area contributed by atoms with Gasteiger partial charge in [0, 0.05) is 24.2 Å². The van der Waals surface area contributed by atoms with Gasteiger partial charge >= 0.3 is 0 Å².